The van der Waals surface area contributed by atoms with Gasteiger partial charge in [-0.1, -0.05) is 72.4 Å². The van der Waals surface area contributed by atoms with Gasteiger partial charge in [-0.15, -0.1) is 0 Å². The number of rotatable bonds is 4. The largest absolute Gasteiger partial charge is 0.341 e. The van der Waals surface area contributed by atoms with Gasteiger partial charge in [-0.3, -0.25) is 0 Å². The Labute approximate surface area is 186 Å². The average molecular weight is 408 g/mol. The molecular weight excluding hydrogens is 374 g/mol. The highest BCUT2D eigenvalue weighted by Gasteiger charge is 2.68. The molecular formula is C30H33N. The molecule has 158 valence electrons. The van der Waals surface area contributed by atoms with Crippen LogP contribution in [0.1, 0.15) is 69.7 Å². The first-order valence-electron chi connectivity index (χ1n) is 12.1. The van der Waals surface area contributed by atoms with E-state index in [0.29, 0.717) is 23.8 Å². The van der Waals surface area contributed by atoms with Crippen LogP contribution in [0.25, 0.3) is 17.0 Å². The molecule has 2 aromatic rings. The van der Waals surface area contributed by atoms with Gasteiger partial charge in [0.15, 0.2) is 0 Å². The van der Waals surface area contributed by atoms with Crippen molar-refractivity contribution in [1.29, 1.82) is 0 Å². The average Bonchev–Trinajstić information content (AvgIpc) is 3.37. The van der Waals surface area contributed by atoms with Crippen molar-refractivity contribution in [3.63, 3.8) is 0 Å². The van der Waals surface area contributed by atoms with Crippen molar-refractivity contribution >= 4 is 17.0 Å². The van der Waals surface area contributed by atoms with E-state index in [1.54, 1.807) is 16.8 Å². The molecule has 0 aliphatic heterocycles. The predicted molar refractivity (Wildman–Crippen MR) is 132 cm³/mol. The minimum atomic E-state index is 0.259. The molecule has 0 amide bonds. The molecule has 1 aromatic carbocycles. The number of nitrogens with zero attached hydrogens (tertiary/aromatic N) is 1. The molecule has 1 aromatic heterocycles. The van der Waals surface area contributed by atoms with E-state index in [-0.39, 0.29) is 5.41 Å². The first-order valence-corrected chi connectivity index (χ1v) is 12.1. The molecule has 4 aliphatic carbocycles. The van der Waals surface area contributed by atoms with Crippen LogP contribution in [0.5, 0.6) is 0 Å². The molecule has 1 heteroatoms. The Kier molecular flexibility index (Phi) is 4.16. The van der Waals surface area contributed by atoms with Crippen LogP contribution >= 0.6 is 0 Å². The van der Waals surface area contributed by atoms with Gasteiger partial charge in [0.25, 0.3) is 0 Å². The zero-order chi connectivity index (χ0) is 21.3. The molecule has 0 radical (unpaired) electrons. The zero-order valence-corrected chi connectivity index (χ0v) is 19.1. The van der Waals surface area contributed by atoms with Gasteiger partial charge >= 0.3 is 0 Å². The molecule has 1 fully saturated rings. The van der Waals surface area contributed by atoms with Crippen LogP contribution < -0.4 is 0 Å². The normalized spacial score (nSPS) is 31.4. The van der Waals surface area contributed by atoms with Crippen molar-refractivity contribution in [1.82, 2.24) is 4.57 Å². The predicted octanol–water partition coefficient (Wildman–Crippen LogP) is 8.14. The van der Waals surface area contributed by atoms with Crippen molar-refractivity contribution in [2.45, 2.75) is 58.4 Å². The maximum Gasteiger partial charge on any atom is 0.0491 e. The minimum absolute atomic E-state index is 0.259. The van der Waals surface area contributed by atoms with E-state index in [0.717, 1.165) is 6.42 Å². The van der Waals surface area contributed by atoms with Crippen LogP contribution in [-0.2, 0) is 0 Å². The van der Waals surface area contributed by atoms with E-state index in [1.807, 2.05) is 0 Å². The topological polar surface area (TPSA) is 4.93 Å². The summed E-state index contributed by atoms with van der Waals surface area (Å²) >= 11 is 0. The fourth-order valence-electron chi connectivity index (χ4n) is 7.26. The lowest BCUT2D eigenvalue weighted by atomic mass is 9.74. The summed E-state index contributed by atoms with van der Waals surface area (Å²) in [5, 5.41) is 1.42. The highest BCUT2D eigenvalue weighted by atomic mass is 15.0. The molecule has 6 rings (SSSR count). The van der Waals surface area contributed by atoms with Crippen LogP contribution in [0.2, 0.25) is 0 Å². The number of allylic oxidation sites excluding steroid dienone is 8. The summed E-state index contributed by atoms with van der Waals surface area (Å²) in [5.74, 6) is 1.71. The summed E-state index contributed by atoms with van der Waals surface area (Å²) in [5.41, 5.74) is 9.48. The number of aromatic nitrogens is 1. The van der Waals surface area contributed by atoms with Gasteiger partial charge < -0.3 is 4.57 Å². The molecule has 1 saturated carbocycles. The quantitative estimate of drug-likeness (QED) is 0.451. The van der Waals surface area contributed by atoms with Gasteiger partial charge in [0.1, 0.15) is 0 Å². The lowest BCUT2D eigenvalue weighted by Crippen LogP contribution is -2.25. The zero-order valence-electron chi connectivity index (χ0n) is 19.1. The SMILES string of the molecule is C=C(C)C1CC12C1=C(CCC=C1)C1C=Cc3c(n(C(C)C/C=C\C)c4ccccc34)[C@@H]12. The van der Waals surface area contributed by atoms with Gasteiger partial charge in [-0.05, 0) is 64.0 Å². The molecule has 0 bridgehead atoms. The van der Waals surface area contributed by atoms with E-state index >= 15 is 0 Å². The van der Waals surface area contributed by atoms with Crippen LogP contribution in [0.3, 0.4) is 0 Å². The fourth-order valence-corrected chi connectivity index (χ4v) is 7.26. The smallest absolute Gasteiger partial charge is 0.0491 e. The second kappa shape index (κ2) is 6.73. The second-order valence-electron chi connectivity index (χ2n) is 10.2. The summed E-state index contributed by atoms with van der Waals surface area (Å²) in [7, 11) is 0. The van der Waals surface area contributed by atoms with E-state index in [2.05, 4.69) is 92.6 Å². The Bertz CT molecular complexity index is 1210. The van der Waals surface area contributed by atoms with Gasteiger partial charge in [0.05, 0.1) is 0 Å². The first kappa shape index (κ1) is 19.2. The van der Waals surface area contributed by atoms with Gasteiger partial charge in [-0.2, -0.15) is 0 Å². The Morgan fingerprint density at radius 3 is 2.90 bits per heavy atom. The summed E-state index contributed by atoms with van der Waals surface area (Å²) in [6.45, 7) is 11.2. The Balaban J connectivity index is 1.61. The van der Waals surface area contributed by atoms with E-state index < -0.39 is 0 Å². The molecule has 5 atom stereocenters. The summed E-state index contributed by atoms with van der Waals surface area (Å²) < 4.78 is 2.71. The highest BCUT2D eigenvalue weighted by Crippen LogP contribution is 2.76. The maximum atomic E-state index is 4.43. The van der Waals surface area contributed by atoms with Crippen molar-refractivity contribution in [3.05, 3.63) is 89.2 Å². The summed E-state index contributed by atoms with van der Waals surface area (Å²) in [6, 6.07) is 9.52. The minimum Gasteiger partial charge on any atom is -0.341 e. The number of hydrogen-bond acceptors (Lipinski definition) is 0. The lowest BCUT2D eigenvalue weighted by molar-refractivity contribution is 0.394. The maximum absolute atomic E-state index is 4.43. The van der Waals surface area contributed by atoms with Gasteiger partial charge in [0, 0.05) is 45.5 Å². The molecule has 4 unspecified atom stereocenters. The Morgan fingerprint density at radius 1 is 1.29 bits per heavy atom. The summed E-state index contributed by atoms with van der Waals surface area (Å²) in [4.78, 5) is 0. The number of para-hydroxylation sites is 1. The number of benzene rings is 1. The van der Waals surface area contributed by atoms with Crippen molar-refractivity contribution in [2.75, 3.05) is 0 Å². The molecule has 1 heterocycles. The summed E-state index contributed by atoms with van der Waals surface area (Å²) in [6.07, 6.45) is 19.2. The second-order valence-corrected chi connectivity index (χ2v) is 10.2. The van der Waals surface area contributed by atoms with Gasteiger partial charge in [-0.25, -0.2) is 0 Å². The molecule has 31 heavy (non-hydrogen) atoms. The molecule has 4 aliphatic rings. The third-order valence-electron chi connectivity index (χ3n) is 8.53. The van der Waals surface area contributed by atoms with Crippen LogP contribution in [0, 0.1) is 17.3 Å². The fraction of sp³-hybridized carbons (Fsp3) is 0.400. The monoisotopic (exact) mass is 407 g/mol. The van der Waals surface area contributed by atoms with Crippen LogP contribution in [0.15, 0.2) is 77.9 Å². The lowest BCUT2D eigenvalue weighted by Gasteiger charge is -2.33. The van der Waals surface area contributed by atoms with E-state index in [4.69, 9.17) is 0 Å². The van der Waals surface area contributed by atoms with Crippen molar-refractivity contribution in [3.8, 4) is 0 Å². The standard InChI is InChI=1S/C30H33N/c1-5-6-11-20(4)31-27-15-10-8-13-22(27)24-17-16-23-21-12-7-9-14-25(21)30(28(23)29(24)31)18-26(30)19(2)3/h5-6,8-10,13-17,20,23,26,28H,2,7,11-12,18H2,1,3-4H3/b6-5-/t20?,23?,26?,28-,30?/m1/s1. The molecule has 1 spiro atoms. The highest BCUT2D eigenvalue weighted by molar-refractivity contribution is 5.93. The van der Waals surface area contributed by atoms with E-state index in [9.17, 15) is 0 Å². The first-order chi connectivity index (χ1) is 15.1. The van der Waals surface area contributed by atoms with E-state index in [1.165, 1.54) is 41.3 Å². The third-order valence-corrected chi connectivity index (χ3v) is 8.53. The molecule has 1 nitrogen and oxygen atoms in total. The van der Waals surface area contributed by atoms with Crippen LogP contribution in [-0.4, -0.2) is 4.57 Å². The molecule has 0 N–H and O–H groups in total. The Hall–Kier alpha value is -2.54. The number of hydrogen-bond donors (Lipinski definition) is 0. The number of fused-ring (bicyclic) bond motifs is 8. The van der Waals surface area contributed by atoms with Crippen molar-refractivity contribution < 1.29 is 0 Å². The molecule has 0 saturated heterocycles. The third kappa shape index (κ3) is 2.44. The van der Waals surface area contributed by atoms with Crippen molar-refractivity contribution in [2.24, 2.45) is 17.3 Å². The van der Waals surface area contributed by atoms with Crippen LogP contribution in [0.4, 0.5) is 0 Å². The Morgan fingerprint density at radius 2 is 2.13 bits per heavy atom. The van der Waals surface area contributed by atoms with Gasteiger partial charge in [0.2, 0.25) is 0 Å².